The van der Waals surface area contributed by atoms with Gasteiger partial charge < -0.3 is 15.8 Å². The van der Waals surface area contributed by atoms with Crippen molar-refractivity contribution in [1.82, 2.24) is 44.8 Å². The molecule has 3 N–H and O–H groups in total. The van der Waals surface area contributed by atoms with Crippen molar-refractivity contribution in [2.75, 3.05) is 6.61 Å². The number of rotatable bonds is 12. The van der Waals surface area contributed by atoms with Gasteiger partial charge in [0.05, 0.1) is 29.4 Å². The lowest BCUT2D eigenvalue weighted by atomic mass is 10.0. The summed E-state index contributed by atoms with van der Waals surface area (Å²) in [5.74, 6) is -2.53. The SMILES string of the molecule is CCOC(=O)c1cc(C)nn1-c1nccc(-c2ccccc2)n1.Cc1cc(C(=O)NC(Cc2ccccc2)C(=O)C(N)=O)n(-c2nccc(-c3ccccc3)n2)n1. The van der Waals surface area contributed by atoms with E-state index in [1.807, 2.05) is 72.8 Å². The molecule has 0 bridgehead atoms. The Labute approximate surface area is 327 Å². The van der Waals surface area contributed by atoms with E-state index in [1.54, 1.807) is 75.6 Å². The number of primary amides is 1. The minimum Gasteiger partial charge on any atom is -0.461 e. The summed E-state index contributed by atoms with van der Waals surface area (Å²) in [7, 11) is 0. The minimum atomic E-state index is -1.13. The number of ketones is 1. The van der Waals surface area contributed by atoms with E-state index in [2.05, 4.69) is 35.5 Å². The van der Waals surface area contributed by atoms with E-state index in [0.717, 1.165) is 22.4 Å². The summed E-state index contributed by atoms with van der Waals surface area (Å²) < 4.78 is 7.79. The van der Waals surface area contributed by atoms with Gasteiger partial charge >= 0.3 is 5.97 Å². The molecule has 7 rings (SSSR count). The lowest BCUT2D eigenvalue weighted by Gasteiger charge is -2.16. The molecule has 0 spiro atoms. The van der Waals surface area contributed by atoms with Crippen LogP contribution in [0.5, 0.6) is 0 Å². The van der Waals surface area contributed by atoms with Crippen molar-refractivity contribution in [2.45, 2.75) is 33.2 Å². The number of esters is 1. The van der Waals surface area contributed by atoms with Crippen LogP contribution in [0.2, 0.25) is 0 Å². The van der Waals surface area contributed by atoms with E-state index in [4.69, 9.17) is 10.5 Å². The summed E-state index contributed by atoms with van der Waals surface area (Å²) in [6.45, 7) is 5.59. The Hall–Kier alpha value is -7.68. The molecule has 3 aromatic carbocycles. The molecule has 57 heavy (non-hydrogen) atoms. The summed E-state index contributed by atoms with van der Waals surface area (Å²) >= 11 is 0. The first kappa shape index (κ1) is 39.0. The van der Waals surface area contributed by atoms with Crippen molar-refractivity contribution < 1.29 is 23.9 Å². The van der Waals surface area contributed by atoms with Gasteiger partial charge in [-0.2, -0.15) is 19.6 Å². The molecule has 0 aliphatic heterocycles. The molecule has 4 aromatic heterocycles. The zero-order chi connectivity index (χ0) is 40.3. The number of hydrogen-bond donors (Lipinski definition) is 2. The van der Waals surface area contributed by atoms with Crippen molar-refractivity contribution in [3.63, 3.8) is 0 Å². The normalized spacial score (nSPS) is 11.1. The van der Waals surface area contributed by atoms with E-state index < -0.39 is 29.6 Å². The molecule has 0 radical (unpaired) electrons. The number of carbonyl (C=O) groups is 4. The fraction of sp³-hybridized carbons (Fsp3) is 0.143. The molecule has 1 unspecified atom stereocenters. The van der Waals surface area contributed by atoms with Gasteiger partial charge in [0.15, 0.2) is 5.69 Å². The van der Waals surface area contributed by atoms with E-state index in [0.29, 0.717) is 35.3 Å². The molecule has 0 saturated heterocycles. The average Bonchev–Trinajstić information content (AvgIpc) is 3.84. The van der Waals surface area contributed by atoms with Crippen LogP contribution in [0, 0.1) is 13.8 Å². The Balaban J connectivity index is 0.000000208. The molecule has 15 heteroatoms. The maximum atomic E-state index is 13.2. The molecule has 286 valence electrons. The zero-order valence-corrected chi connectivity index (χ0v) is 31.3. The lowest BCUT2D eigenvalue weighted by Crippen LogP contribution is -2.47. The fourth-order valence-electron chi connectivity index (χ4n) is 5.72. The van der Waals surface area contributed by atoms with Crippen LogP contribution in [0.1, 0.15) is 44.9 Å². The number of aryl methyl sites for hydroxylation is 2. The first-order valence-electron chi connectivity index (χ1n) is 17.9. The van der Waals surface area contributed by atoms with Gasteiger partial charge in [0.25, 0.3) is 23.7 Å². The van der Waals surface area contributed by atoms with Crippen molar-refractivity contribution in [2.24, 2.45) is 5.73 Å². The number of hydrogen-bond acceptors (Lipinski definition) is 11. The first-order valence-corrected chi connectivity index (χ1v) is 17.9. The molecule has 0 saturated carbocycles. The zero-order valence-electron chi connectivity index (χ0n) is 31.3. The van der Waals surface area contributed by atoms with Gasteiger partial charge in [-0.3, -0.25) is 14.4 Å². The number of nitrogens with zero attached hydrogens (tertiary/aromatic N) is 8. The van der Waals surface area contributed by atoms with Crippen molar-refractivity contribution in [3.05, 3.63) is 156 Å². The van der Waals surface area contributed by atoms with E-state index >= 15 is 0 Å². The highest BCUT2D eigenvalue weighted by Gasteiger charge is 2.28. The minimum absolute atomic E-state index is 0.113. The Morgan fingerprint density at radius 3 is 1.65 bits per heavy atom. The van der Waals surface area contributed by atoms with E-state index in [9.17, 15) is 19.2 Å². The summed E-state index contributed by atoms with van der Waals surface area (Å²) in [6.07, 6.45) is 3.34. The number of amides is 2. The topological polar surface area (TPSA) is 203 Å². The van der Waals surface area contributed by atoms with Crippen molar-refractivity contribution in [1.29, 1.82) is 0 Å². The molecular formula is C42H38N10O5. The van der Waals surface area contributed by atoms with Crippen molar-refractivity contribution in [3.8, 4) is 34.4 Å². The van der Waals surface area contributed by atoms with Gasteiger partial charge in [-0.05, 0) is 50.6 Å². The van der Waals surface area contributed by atoms with Crippen LogP contribution >= 0.6 is 0 Å². The Bertz CT molecular complexity index is 2500. The quantitative estimate of drug-likeness (QED) is 0.127. The lowest BCUT2D eigenvalue weighted by molar-refractivity contribution is -0.137. The highest BCUT2D eigenvalue weighted by atomic mass is 16.5. The fourth-order valence-corrected chi connectivity index (χ4v) is 5.72. The predicted molar refractivity (Wildman–Crippen MR) is 210 cm³/mol. The van der Waals surface area contributed by atoms with Gasteiger partial charge in [-0.25, -0.2) is 24.7 Å². The van der Waals surface area contributed by atoms with Crippen LogP contribution < -0.4 is 11.1 Å². The third-order valence-corrected chi connectivity index (χ3v) is 8.33. The van der Waals surface area contributed by atoms with Gasteiger partial charge in [0, 0.05) is 29.9 Å². The third kappa shape index (κ3) is 9.71. The molecule has 0 fully saturated rings. The van der Waals surface area contributed by atoms with Crippen molar-refractivity contribution >= 4 is 23.6 Å². The average molecular weight is 763 g/mol. The summed E-state index contributed by atoms with van der Waals surface area (Å²) in [6, 6.07) is 34.0. The van der Waals surface area contributed by atoms with Gasteiger partial charge in [-0.1, -0.05) is 91.0 Å². The largest absolute Gasteiger partial charge is 0.461 e. The van der Waals surface area contributed by atoms with Crippen LogP contribution in [0.15, 0.2) is 128 Å². The van der Waals surface area contributed by atoms with Gasteiger partial charge in [-0.15, -0.1) is 0 Å². The van der Waals surface area contributed by atoms with Crippen LogP contribution in [0.3, 0.4) is 0 Å². The summed E-state index contributed by atoms with van der Waals surface area (Å²) in [5, 5.41) is 11.3. The van der Waals surface area contributed by atoms with E-state index in [1.165, 1.54) is 9.36 Å². The molecule has 7 aromatic rings. The maximum Gasteiger partial charge on any atom is 0.357 e. The number of aromatic nitrogens is 8. The second-order valence-electron chi connectivity index (χ2n) is 12.5. The summed E-state index contributed by atoms with van der Waals surface area (Å²) in [5.41, 5.74) is 11.0. The molecule has 1 atom stereocenters. The monoisotopic (exact) mass is 762 g/mol. The van der Waals surface area contributed by atoms with Gasteiger partial charge in [0.1, 0.15) is 11.7 Å². The number of ether oxygens (including phenoxy) is 1. The highest BCUT2D eigenvalue weighted by molar-refractivity contribution is 6.38. The van der Waals surface area contributed by atoms with Crippen LogP contribution in [-0.4, -0.2) is 75.7 Å². The number of nitrogens with one attached hydrogen (secondary N) is 1. The third-order valence-electron chi connectivity index (χ3n) is 8.33. The second-order valence-corrected chi connectivity index (χ2v) is 12.5. The predicted octanol–water partition coefficient (Wildman–Crippen LogP) is 4.85. The highest BCUT2D eigenvalue weighted by Crippen LogP contribution is 2.20. The standard InChI is InChI=1S/C25H22N6O3.C17H16N4O2/c1-16-14-21(24(34)28-20(22(32)23(26)33)15-17-8-4-2-5-9-17)31(30-16)25-27-13-12-19(29-25)18-10-6-3-7-11-18;1-3-23-16(22)15-11-12(2)20-21(15)17-18-10-9-14(19-17)13-7-5-4-6-8-13/h2-14,20H,15H2,1H3,(H2,26,33)(H,28,34);4-11H,3H2,1-2H3. The molecule has 2 amide bonds. The summed E-state index contributed by atoms with van der Waals surface area (Å²) in [4.78, 5) is 66.9. The Morgan fingerprint density at radius 2 is 1.16 bits per heavy atom. The van der Waals surface area contributed by atoms with Crippen LogP contribution in [0.4, 0.5) is 0 Å². The molecule has 15 nitrogen and oxygen atoms in total. The number of Topliss-reactive ketones (excluding diaryl/α,β-unsaturated/α-hetero) is 1. The number of nitrogens with two attached hydrogens (primary N) is 1. The Kier molecular flexibility index (Phi) is 12.4. The van der Waals surface area contributed by atoms with E-state index in [-0.39, 0.29) is 18.1 Å². The van der Waals surface area contributed by atoms with Gasteiger partial charge in [0.2, 0.25) is 5.78 Å². The first-order chi connectivity index (χ1) is 27.6. The number of carbonyl (C=O) groups excluding carboxylic acids is 4. The number of benzene rings is 3. The molecule has 0 aliphatic carbocycles. The van der Waals surface area contributed by atoms with Crippen LogP contribution in [0.25, 0.3) is 34.4 Å². The van der Waals surface area contributed by atoms with Crippen LogP contribution in [-0.2, 0) is 20.7 Å². The Morgan fingerprint density at radius 1 is 0.684 bits per heavy atom. The molecular weight excluding hydrogens is 725 g/mol. The second kappa shape index (κ2) is 18.1. The smallest absolute Gasteiger partial charge is 0.357 e. The molecule has 4 heterocycles. The maximum absolute atomic E-state index is 13.2. The molecule has 0 aliphatic rings.